The van der Waals surface area contributed by atoms with E-state index < -0.39 is 0 Å². The number of fused-ring (bicyclic) bond motifs is 7. The van der Waals surface area contributed by atoms with Crippen LogP contribution in [0.25, 0.3) is 5.57 Å². The summed E-state index contributed by atoms with van der Waals surface area (Å²) >= 11 is 2.12. The third kappa shape index (κ3) is 7.06. The summed E-state index contributed by atoms with van der Waals surface area (Å²) in [5.74, 6) is 6.57. The van der Waals surface area contributed by atoms with Crippen LogP contribution in [0.4, 0.5) is 0 Å². The summed E-state index contributed by atoms with van der Waals surface area (Å²) in [5.41, 5.74) is 6.65. The summed E-state index contributed by atoms with van der Waals surface area (Å²) in [4.78, 5) is 14.0. The van der Waals surface area contributed by atoms with Gasteiger partial charge in [0.05, 0.1) is 0 Å². The number of carbonyl (C=O) groups is 1. The van der Waals surface area contributed by atoms with Crippen molar-refractivity contribution in [3.05, 3.63) is 53.1 Å². The number of allylic oxidation sites excluding steroid dienone is 3. The number of aldehydes is 1. The lowest BCUT2D eigenvalue weighted by molar-refractivity contribution is -0.170. The normalized spacial score (nSPS) is 38.7. The van der Waals surface area contributed by atoms with Crippen LogP contribution in [0.1, 0.15) is 122 Å². The second-order valence-corrected chi connectivity index (χ2v) is 18.3. The second-order valence-electron chi connectivity index (χ2n) is 17.1. The molecule has 0 spiro atoms. The van der Waals surface area contributed by atoms with Crippen LogP contribution in [0.3, 0.4) is 0 Å². The van der Waals surface area contributed by atoms with Gasteiger partial charge in [0.1, 0.15) is 6.29 Å². The van der Waals surface area contributed by atoms with Crippen LogP contribution in [-0.4, -0.2) is 68.6 Å². The van der Waals surface area contributed by atoms with E-state index in [0.29, 0.717) is 22.3 Å². The number of nitrogens with zero attached hydrogens (tertiary/aromatic N) is 1. The highest BCUT2D eigenvalue weighted by Gasteiger charge is 2.65. The minimum absolute atomic E-state index is 0.135. The SMILES string of the molecule is C/C=C1\CCC2(NCCN3CCSCC3)CCC3C(CCC4C3(C)CCC3C(C)(C)C(c5ccc(C=O)cc5)=CCC34C)[C@@H]12.CC.COC. The minimum atomic E-state index is 0.135. The summed E-state index contributed by atoms with van der Waals surface area (Å²) in [6, 6.07) is 8.37. The molecule has 1 N–H and O–H groups in total. The van der Waals surface area contributed by atoms with E-state index in [4.69, 9.17) is 0 Å². The average molecular weight is 691 g/mol. The van der Waals surface area contributed by atoms with Gasteiger partial charge in [-0.15, -0.1) is 0 Å². The first-order chi connectivity index (χ1) is 23.6. The Balaban J connectivity index is 0.000000889. The highest BCUT2D eigenvalue weighted by atomic mass is 32.2. The number of benzene rings is 1. The number of hydrogen-bond donors (Lipinski definition) is 1. The van der Waals surface area contributed by atoms with Crippen molar-refractivity contribution in [3.63, 3.8) is 0 Å². The van der Waals surface area contributed by atoms with Crippen molar-refractivity contribution in [2.24, 2.45) is 45.8 Å². The van der Waals surface area contributed by atoms with E-state index in [1.165, 1.54) is 100 Å². The van der Waals surface area contributed by atoms with Crippen LogP contribution in [0.2, 0.25) is 0 Å². The molecule has 5 heteroatoms. The molecule has 1 aromatic rings. The molecule has 5 fully saturated rings. The number of carbonyl (C=O) groups excluding carboxylic acids is 1. The molecule has 0 amide bonds. The van der Waals surface area contributed by atoms with Crippen LogP contribution in [0.15, 0.2) is 42.0 Å². The lowest BCUT2D eigenvalue weighted by Crippen LogP contribution is -2.64. The number of thioether (sulfide) groups is 1. The third-order valence-electron chi connectivity index (χ3n) is 14.7. The predicted octanol–water partition coefficient (Wildman–Crippen LogP) is 10.2. The quantitative estimate of drug-likeness (QED) is 0.238. The molecule has 4 saturated carbocycles. The van der Waals surface area contributed by atoms with Gasteiger partial charge in [0.25, 0.3) is 0 Å². The van der Waals surface area contributed by atoms with Crippen LogP contribution < -0.4 is 5.32 Å². The van der Waals surface area contributed by atoms with Gasteiger partial charge in [-0.2, -0.15) is 11.8 Å². The van der Waals surface area contributed by atoms with Gasteiger partial charge in [-0.3, -0.25) is 4.79 Å². The van der Waals surface area contributed by atoms with Crippen LogP contribution in [-0.2, 0) is 4.74 Å². The lowest BCUT2D eigenvalue weighted by atomic mass is 9.37. The fraction of sp³-hybridized carbons (Fsp3) is 0.750. The lowest BCUT2D eigenvalue weighted by Gasteiger charge is -2.68. The summed E-state index contributed by atoms with van der Waals surface area (Å²) in [6.45, 7) is 21.8. The Morgan fingerprint density at radius 1 is 0.918 bits per heavy atom. The summed E-state index contributed by atoms with van der Waals surface area (Å²) in [6.07, 6.45) is 18.4. The first kappa shape index (κ1) is 38.8. The predicted molar refractivity (Wildman–Crippen MR) is 211 cm³/mol. The van der Waals surface area contributed by atoms with E-state index >= 15 is 0 Å². The molecule has 1 heterocycles. The fourth-order valence-electron chi connectivity index (χ4n) is 12.8. The molecule has 0 radical (unpaired) electrons. The molecule has 274 valence electrons. The maximum absolute atomic E-state index is 11.3. The summed E-state index contributed by atoms with van der Waals surface area (Å²) < 4.78 is 4.25. The van der Waals surface area contributed by atoms with Crippen molar-refractivity contribution >= 4 is 23.6 Å². The van der Waals surface area contributed by atoms with Gasteiger partial charge >= 0.3 is 0 Å². The molecular weight excluding hydrogens is 621 g/mol. The molecule has 6 aliphatic rings. The van der Waals surface area contributed by atoms with Gasteiger partial charge in [0.2, 0.25) is 0 Å². The van der Waals surface area contributed by atoms with Crippen LogP contribution in [0.5, 0.6) is 0 Å². The summed E-state index contributed by atoms with van der Waals surface area (Å²) in [7, 11) is 3.25. The van der Waals surface area contributed by atoms with E-state index in [1.807, 2.05) is 26.0 Å². The molecule has 1 saturated heterocycles. The third-order valence-corrected chi connectivity index (χ3v) is 15.7. The molecule has 1 aliphatic heterocycles. The fourth-order valence-corrected chi connectivity index (χ4v) is 13.8. The van der Waals surface area contributed by atoms with Gasteiger partial charge in [0.15, 0.2) is 0 Å². The maximum Gasteiger partial charge on any atom is 0.150 e. The molecule has 7 unspecified atom stereocenters. The molecule has 0 bridgehead atoms. The van der Waals surface area contributed by atoms with Gasteiger partial charge in [-0.05, 0) is 116 Å². The van der Waals surface area contributed by atoms with Gasteiger partial charge in [-0.25, -0.2) is 0 Å². The Kier molecular flexibility index (Phi) is 12.7. The molecule has 0 aromatic heterocycles. The molecular formula is C44H70N2O2S. The van der Waals surface area contributed by atoms with E-state index in [9.17, 15) is 4.79 Å². The standard InChI is InChI=1S/C40H58N2OS.C2H6O.C2H6/c1-6-29-13-19-40(41-21-22-42-23-25-44-26-24-42)20-15-33-31(36(29)40)11-12-35-38(33,4)18-16-34-37(2,3)32(14-17-39(34,35)5)30-9-7-28(27-43)8-10-30;1-3-2;1-2/h6-10,14,27,31,33-36,41H,11-13,15-26H2,1-5H3;1-2H3;1-2H3/b29-6+;;/t31?,33?,34?,35?,36-,38?,39?,40?;;/m1../s1. The Morgan fingerprint density at radius 2 is 1.61 bits per heavy atom. The van der Waals surface area contributed by atoms with E-state index in [2.05, 4.69) is 85.6 Å². The highest BCUT2D eigenvalue weighted by Crippen LogP contribution is 2.72. The number of nitrogens with one attached hydrogen (secondary N) is 1. The number of rotatable bonds is 6. The Hall–Kier alpha value is -1.40. The monoisotopic (exact) mass is 691 g/mol. The van der Waals surface area contributed by atoms with Crippen LogP contribution in [0, 0.1) is 45.8 Å². The van der Waals surface area contributed by atoms with Gasteiger partial charge in [-0.1, -0.05) is 83.5 Å². The Morgan fingerprint density at radius 3 is 2.27 bits per heavy atom. The smallest absolute Gasteiger partial charge is 0.150 e. The highest BCUT2D eigenvalue weighted by molar-refractivity contribution is 7.99. The van der Waals surface area contributed by atoms with Crippen molar-refractivity contribution in [3.8, 4) is 0 Å². The maximum atomic E-state index is 11.3. The van der Waals surface area contributed by atoms with Crippen LogP contribution >= 0.6 is 11.8 Å². The van der Waals surface area contributed by atoms with Crippen molar-refractivity contribution < 1.29 is 9.53 Å². The van der Waals surface area contributed by atoms with E-state index in [1.54, 1.807) is 19.8 Å². The number of ether oxygens (including phenoxy) is 1. The van der Waals surface area contributed by atoms with Gasteiger partial charge < -0.3 is 15.0 Å². The minimum Gasteiger partial charge on any atom is -0.388 e. The zero-order valence-corrected chi connectivity index (χ0v) is 33.5. The first-order valence-electron chi connectivity index (χ1n) is 19.9. The Labute approximate surface area is 305 Å². The average Bonchev–Trinajstić information content (AvgIpc) is 3.49. The van der Waals surface area contributed by atoms with Crippen molar-refractivity contribution in [1.82, 2.24) is 10.2 Å². The van der Waals surface area contributed by atoms with E-state index in [-0.39, 0.29) is 5.41 Å². The second kappa shape index (κ2) is 16.1. The zero-order chi connectivity index (χ0) is 35.5. The van der Waals surface area contributed by atoms with Crippen molar-refractivity contribution in [2.75, 3.05) is 51.9 Å². The molecule has 1 aromatic carbocycles. The first-order valence-corrected chi connectivity index (χ1v) is 21.1. The molecule has 5 aliphatic carbocycles. The summed E-state index contributed by atoms with van der Waals surface area (Å²) in [5, 5.41) is 4.30. The zero-order valence-electron chi connectivity index (χ0n) is 32.7. The molecule has 49 heavy (non-hydrogen) atoms. The largest absolute Gasteiger partial charge is 0.388 e. The molecule has 4 nitrogen and oxygen atoms in total. The number of hydrogen-bond acceptors (Lipinski definition) is 5. The Bertz CT molecular complexity index is 1310. The van der Waals surface area contributed by atoms with Crippen molar-refractivity contribution in [1.29, 1.82) is 0 Å². The number of methoxy groups -OCH3 is 1. The molecule has 8 atom stereocenters. The van der Waals surface area contributed by atoms with Crippen molar-refractivity contribution in [2.45, 2.75) is 112 Å². The molecule has 7 rings (SSSR count). The topological polar surface area (TPSA) is 41.6 Å². The van der Waals surface area contributed by atoms with Gasteiger partial charge in [0, 0.05) is 68.9 Å². The van der Waals surface area contributed by atoms with E-state index in [0.717, 1.165) is 42.1 Å².